The van der Waals surface area contributed by atoms with Crippen molar-refractivity contribution in [1.29, 1.82) is 0 Å². The van der Waals surface area contributed by atoms with Crippen LogP contribution in [0.15, 0.2) is 4.47 Å². The lowest BCUT2D eigenvalue weighted by molar-refractivity contribution is 0.110. The van der Waals surface area contributed by atoms with Gasteiger partial charge in [-0.2, -0.15) is 0 Å². The maximum absolute atomic E-state index is 5.59. The van der Waals surface area contributed by atoms with Crippen molar-refractivity contribution in [1.82, 2.24) is 9.97 Å². The molecule has 88 valence electrons. The van der Waals surface area contributed by atoms with Gasteiger partial charge in [0, 0.05) is 18.7 Å². The number of halogens is 1. The lowest BCUT2D eigenvalue weighted by atomic mass is 10.2. The van der Waals surface area contributed by atoms with E-state index in [2.05, 4.69) is 32.8 Å². The molecule has 0 aromatic carbocycles. The highest BCUT2D eigenvalue weighted by molar-refractivity contribution is 9.10. The van der Waals surface area contributed by atoms with Crippen LogP contribution in [0.1, 0.15) is 31.3 Å². The minimum Gasteiger partial charge on any atom is -0.378 e. The molecule has 1 unspecified atom stereocenters. The van der Waals surface area contributed by atoms with Gasteiger partial charge in [0.25, 0.3) is 0 Å². The number of nitrogens with one attached hydrogen (secondary N) is 1. The highest BCUT2D eigenvalue weighted by Gasteiger charge is 2.17. The first-order valence-corrected chi connectivity index (χ1v) is 6.80. The molecule has 0 bridgehead atoms. The third kappa shape index (κ3) is 2.70. The molecule has 16 heavy (non-hydrogen) atoms. The summed E-state index contributed by atoms with van der Waals surface area (Å²) in [5, 5.41) is 0. The van der Waals surface area contributed by atoms with Crippen molar-refractivity contribution in [2.75, 3.05) is 6.61 Å². The number of nitrogens with zero attached hydrogens (tertiary/aromatic N) is 1. The summed E-state index contributed by atoms with van der Waals surface area (Å²) in [6, 6.07) is 0. The molecule has 0 spiro atoms. The SMILES string of the molecule is CCc1[nH]c(CC2CCCO2)nc(=S)c1Br. The molecule has 1 fully saturated rings. The molecule has 2 heterocycles. The van der Waals surface area contributed by atoms with Crippen LogP contribution in [0.25, 0.3) is 0 Å². The van der Waals surface area contributed by atoms with Crippen molar-refractivity contribution in [2.24, 2.45) is 0 Å². The second-order valence-electron chi connectivity index (χ2n) is 3.97. The standard InChI is InChI=1S/C11H15BrN2OS/c1-2-8-10(12)11(16)14-9(13-8)6-7-4-3-5-15-7/h7H,2-6H2,1H3,(H,13,14,16). The van der Waals surface area contributed by atoms with Crippen molar-refractivity contribution in [2.45, 2.75) is 38.7 Å². The van der Waals surface area contributed by atoms with Gasteiger partial charge in [0.1, 0.15) is 10.5 Å². The van der Waals surface area contributed by atoms with Crippen LogP contribution in [0.2, 0.25) is 0 Å². The molecule has 5 heteroatoms. The van der Waals surface area contributed by atoms with Gasteiger partial charge in [-0.3, -0.25) is 0 Å². The van der Waals surface area contributed by atoms with Gasteiger partial charge in [0.05, 0.1) is 10.6 Å². The first kappa shape index (κ1) is 12.2. The van der Waals surface area contributed by atoms with Crippen LogP contribution >= 0.6 is 28.1 Å². The molecule has 0 saturated carbocycles. The van der Waals surface area contributed by atoms with E-state index < -0.39 is 0 Å². The number of aromatic nitrogens is 2. The fraction of sp³-hybridized carbons (Fsp3) is 0.636. The molecular formula is C11H15BrN2OS. The third-order valence-corrected chi connectivity index (χ3v) is 4.20. The first-order valence-electron chi connectivity index (χ1n) is 5.60. The Bertz CT molecular complexity index is 426. The van der Waals surface area contributed by atoms with E-state index in [9.17, 15) is 0 Å². The molecule has 1 atom stereocenters. The summed E-state index contributed by atoms with van der Waals surface area (Å²) in [6.07, 6.45) is 4.35. The molecule has 0 radical (unpaired) electrons. The Morgan fingerprint density at radius 2 is 2.44 bits per heavy atom. The van der Waals surface area contributed by atoms with Crippen LogP contribution in [-0.2, 0) is 17.6 Å². The zero-order valence-corrected chi connectivity index (χ0v) is 11.7. The quantitative estimate of drug-likeness (QED) is 0.872. The Morgan fingerprint density at radius 3 is 3.06 bits per heavy atom. The van der Waals surface area contributed by atoms with Gasteiger partial charge in [0.15, 0.2) is 0 Å². The number of rotatable bonds is 3. The van der Waals surface area contributed by atoms with E-state index in [0.29, 0.717) is 10.7 Å². The van der Waals surface area contributed by atoms with E-state index in [0.717, 1.165) is 48.3 Å². The molecule has 1 N–H and O–H groups in total. The lowest BCUT2D eigenvalue weighted by Gasteiger charge is -2.10. The second-order valence-corrected chi connectivity index (χ2v) is 5.15. The zero-order valence-electron chi connectivity index (χ0n) is 9.25. The Balaban J connectivity index is 2.20. The molecule has 0 amide bonds. The van der Waals surface area contributed by atoms with Gasteiger partial charge in [0.2, 0.25) is 0 Å². The van der Waals surface area contributed by atoms with Gasteiger partial charge >= 0.3 is 0 Å². The predicted molar refractivity (Wildman–Crippen MR) is 69.2 cm³/mol. The molecule has 1 aliphatic heterocycles. The fourth-order valence-electron chi connectivity index (χ4n) is 1.92. The zero-order chi connectivity index (χ0) is 11.5. The third-order valence-electron chi connectivity index (χ3n) is 2.78. The molecule has 3 nitrogen and oxygen atoms in total. The Morgan fingerprint density at radius 1 is 1.62 bits per heavy atom. The van der Waals surface area contributed by atoms with Crippen LogP contribution < -0.4 is 0 Å². The van der Waals surface area contributed by atoms with Crippen molar-refractivity contribution >= 4 is 28.1 Å². The number of aromatic amines is 1. The van der Waals surface area contributed by atoms with Crippen LogP contribution in [0, 0.1) is 4.64 Å². The number of hydrogen-bond donors (Lipinski definition) is 1. The summed E-state index contributed by atoms with van der Waals surface area (Å²) in [4.78, 5) is 7.70. The van der Waals surface area contributed by atoms with Gasteiger partial charge < -0.3 is 9.72 Å². The van der Waals surface area contributed by atoms with Crippen molar-refractivity contribution < 1.29 is 4.74 Å². The highest BCUT2D eigenvalue weighted by atomic mass is 79.9. The number of aryl methyl sites for hydroxylation is 1. The largest absolute Gasteiger partial charge is 0.378 e. The van der Waals surface area contributed by atoms with Gasteiger partial charge in [-0.05, 0) is 35.2 Å². The van der Waals surface area contributed by atoms with Crippen LogP contribution in [0.4, 0.5) is 0 Å². The Hall–Kier alpha value is -0.260. The normalized spacial score (nSPS) is 20.2. The van der Waals surface area contributed by atoms with Crippen LogP contribution in [-0.4, -0.2) is 22.7 Å². The minimum absolute atomic E-state index is 0.309. The lowest BCUT2D eigenvalue weighted by Crippen LogP contribution is -2.12. The van der Waals surface area contributed by atoms with E-state index in [-0.39, 0.29) is 0 Å². The van der Waals surface area contributed by atoms with Gasteiger partial charge in [-0.15, -0.1) is 0 Å². The monoisotopic (exact) mass is 302 g/mol. The van der Waals surface area contributed by atoms with Crippen molar-refractivity contribution in [3.05, 3.63) is 20.6 Å². The summed E-state index contributed by atoms with van der Waals surface area (Å²) in [7, 11) is 0. The summed E-state index contributed by atoms with van der Waals surface area (Å²) in [5.41, 5.74) is 1.12. The van der Waals surface area contributed by atoms with E-state index >= 15 is 0 Å². The summed E-state index contributed by atoms with van der Waals surface area (Å²) in [5.74, 6) is 0.942. The van der Waals surface area contributed by atoms with Gasteiger partial charge in [-0.25, -0.2) is 4.98 Å². The van der Waals surface area contributed by atoms with E-state index in [1.165, 1.54) is 0 Å². The maximum atomic E-state index is 5.59. The number of hydrogen-bond acceptors (Lipinski definition) is 3. The Labute approximate surface area is 109 Å². The molecule has 1 aromatic rings. The second kappa shape index (κ2) is 5.38. The molecular weight excluding hydrogens is 288 g/mol. The maximum Gasteiger partial charge on any atom is 0.144 e. The topological polar surface area (TPSA) is 37.9 Å². The summed E-state index contributed by atoms with van der Waals surface area (Å²) >= 11 is 8.67. The molecule has 1 saturated heterocycles. The van der Waals surface area contributed by atoms with Crippen LogP contribution in [0.5, 0.6) is 0 Å². The fourth-order valence-corrected chi connectivity index (χ4v) is 2.62. The van der Waals surface area contributed by atoms with Crippen molar-refractivity contribution in [3.8, 4) is 0 Å². The average molecular weight is 303 g/mol. The van der Waals surface area contributed by atoms with Crippen molar-refractivity contribution in [3.63, 3.8) is 0 Å². The minimum atomic E-state index is 0.309. The molecule has 1 aromatic heterocycles. The number of H-pyrrole nitrogens is 1. The Kier molecular flexibility index (Phi) is 4.10. The van der Waals surface area contributed by atoms with Crippen LogP contribution in [0.3, 0.4) is 0 Å². The van der Waals surface area contributed by atoms with E-state index in [4.69, 9.17) is 17.0 Å². The van der Waals surface area contributed by atoms with E-state index in [1.54, 1.807) is 0 Å². The molecule has 1 aliphatic rings. The van der Waals surface area contributed by atoms with Gasteiger partial charge in [-0.1, -0.05) is 19.1 Å². The van der Waals surface area contributed by atoms with E-state index in [1.807, 2.05) is 0 Å². The smallest absolute Gasteiger partial charge is 0.144 e. The average Bonchev–Trinajstić information content (AvgIpc) is 2.76. The molecule has 2 rings (SSSR count). The highest BCUT2D eigenvalue weighted by Crippen LogP contribution is 2.19. The summed E-state index contributed by atoms with van der Waals surface area (Å²) < 4.78 is 7.15. The first-order chi connectivity index (χ1) is 7.70. The summed E-state index contributed by atoms with van der Waals surface area (Å²) in [6.45, 7) is 2.98. The molecule has 0 aliphatic carbocycles. The predicted octanol–water partition coefficient (Wildman–Crippen LogP) is 3.19. The number of ether oxygens (including phenoxy) is 1.